The van der Waals surface area contributed by atoms with Crippen molar-refractivity contribution in [3.05, 3.63) is 60.2 Å². The molecule has 0 aliphatic carbocycles. The zero-order valence-corrected chi connectivity index (χ0v) is 15.8. The molecule has 0 spiro atoms. The van der Waals surface area contributed by atoms with E-state index in [9.17, 15) is 9.59 Å². The van der Waals surface area contributed by atoms with Crippen LogP contribution >= 0.6 is 0 Å². The van der Waals surface area contributed by atoms with Crippen molar-refractivity contribution < 1.29 is 19.1 Å². The number of nitrogens with one attached hydrogen (secondary N) is 1. The van der Waals surface area contributed by atoms with E-state index in [0.717, 1.165) is 11.3 Å². The third kappa shape index (κ3) is 6.51. The van der Waals surface area contributed by atoms with Crippen LogP contribution in [0.5, 0.6) is 11.5 Å². The highest BCUT2D eigenvalue weighted by Gasteiger charge is 2.05. The van der Waals surface area contributed by atoms with Crippen LogP contribution in [-0.4, -0.2) is 44.0 Å². The van der Waals surface area contributed by atoms with Gasteiger partial charge in [-0.3, -0.25) is 9.59 Å². The van der Waals surface area contributed by atoms with Crippen molar-refractivity contribution in [1.29, 1.82) is 0 Å². The van der Waals surface area contributed by atoms with Crippen LogP contribution in [0.4, 0.5) is 5.69 Å². The van der Waals surface area contributed by atoms with E-state index in [1.165, 1.54) is 11.0 Å². The molecule has 2 rings (SSSR count). The molecule has 0 aliphatic heterocycles. The molecule has 0 bridgehead atoms. The minimum Gasteiger partial charge on any atom is -0.493 e. The Morgan fingerprint density at radius 2 is 1.74 bits per heavy atom. The number of amides is 2. The number of benzene rings is 2. The third-order valence-electron chi connectivity index (χ3n) is 3.62. The monoisotopic (exact) mass is 368 g/mol. The van der Waals surface area contributed by atoms with Crippen molar-refractivity contribution in [2.75, 3.05) is 32.6 Å². The highest BCUT2D eigenvalue weighted by atomic mass is 16.5. The van der Waals surface area contributed by atoms with Crippen molar-refractivity contribution in [1.82, 2.24) is 4.90 Å². The zero-order valence-electron chi connectivity index (χ0n) is 15.8. The number of carbonyl (C=O) groups is 2. The Bertz CT molecular complexity index is 798. The van der Waals surface area contributed by atoms with E-state index in [1.807, 2.05) is 31.2 Å². The van der Waals surface area contributed by atoms with Crippen LogP contribution in [0.3, 0.4) is 0 Å². The number of hydrogen-bond donors (Lipinski definition) is 1. The summed E-state index contributed by atoms with van der Waals surface area (Å²) in [4.78, 5) is 25.1. The molecule has 0 saturated heterocycles. The summed E-state index contributed by atoms with van der Waals surface area (Å²) >= 11 is 0. The first kappa shape index (κ1) is 20.0. The fraction of sp³-hybridized carbons (Fsp3) is 0.238. The van der Waals surface area contributed by atoms with E-state index in [1.54, 1.807) is 44.4 Å². The van der Waals surface area contributed by atoms with Gasteiger partial charge in [0, 0.05) is 31.4 Å². The van der Waals surface area contributed by atoms with Gasteiger partial charge in [-0.25, -0.2) is 0 Å². The molecular weight excluding hydrogens is 344 g/mol. The maximum atomic E-state index is 12.1. The smallest absolute Gasteiger partial charge is 0.259 e. The first-order valence-corrected chi connectivity index (χ1v) is 8.63. The van der Waals surface area contributed by atoms with Gasteiger partial charge in [0.05, 0.1) is 6.61 Å². The van der Waals surface area contributed by atoms with Crippen LogP contribution in [-0.2, 0) is 9.59 Å². The van der Waals surface area contributed by atoms with Crippen molar-refractivity contribution >= 4 is 23.6 Å². The Morgan fingerprint density at radius 1 is 1.04 bits per heavy atom. The van der Waals surface area contributed by atoms with Crippen LogP contribution in [0.1, 0.15) is 12.5 Å². The lowest BCUT2D eigenvalue weighted by Crippen LogP contribution is -2.27. The minimum absolute atomic E-state index is 0.0271. The number of carbonyl (C=O) groups excluding carboxylic acids is 2. The Hall–Kier alpha value is -3.28. The Morgan fingerprint density at radius 3 is 2.41 bits per heavy atom. The number of nitrogens with zero attached hydrogens (tertiary/aromatic N) is 1. The molecular formula is C21H24N2O4. The van der Waals surface area contributed by atoms with Gasteiger partial charge in [-0.15, -0.1) is 0 Å². The molecule has 27 heavy (non-hydrogen) atoms. The van der Waals surface area contributed by atoms with Crippen molar-refractivity contribution in [3.63, 3.8) is 0 Å². The second kappa shape index (κ2) is 10.0. The molecule has 0 fully saturated rings. The average Bonchev–Trinajstić information content (AvgIpc) is 2.66. The summed E-state index contributed by atoms with van der Waals surface area (Å²) in [5, 5.41) is 2.78. The van der Waals surface area contributed by atoms with Gasteiger partial charge in [-0.05, 0) is 43.3 Å². The molecule has 0 unspecified atom stereocenters. The summed E-state index contributed by atoms with van der Waals surface area (Å²) in [5.74, 6) is 0.921. The van der Waals surface area contributed by atoms with E-state index in [4.69, 9.17) is 9.47 Å². The Balaban J connectivity index is 1.91. The first-order valence-electron chi connectivity index (χ1n) is 8.63. The average molecular weight is 368 g/mol. The number of hydrogen-bond acceptors (Lipinski definition) is 4. The largest absolute Gasteiger partial charge is 0.493 e. The van der Waals surface area contributed by atoms with Gasteiger partial charge in [0.25, 0.3) is 5.91 Å². The van der Waals surface area contributed by atoms with Crippen LogP contribution in [0.2, 0.25) is 0 Å². The van der Waals surface area contributed by atoms with Gasteiger partial charge in [-0.2, -0.15) is 0 Å². The molecule has 1 N–H and O–H groups in total. The molecule has 6 nitrogen and oxygen atoms in total. The number of rotatable bonds is 8. The van der Waals surface area contributed by atoms with Crippen LogP contribution in [0, 0.1) is 0 Å². The molecule has 0 atom stereocenters. The lowest BCUT2D eigenvalue weighted by atomic mass is 10.2. The summed E-state index contributed by atoms with van der Waals surface area (Å²) in [6.45, 7) is 2.45. The molecule has 6 heteroatoms. The number of para-hydroxylation sites is 1. The minimum atomic E-state index is -0.252. The summed E-state index contributed by atoms with van der Waals surface area (Å²) in [6, 6.07) is 14.4. The third-order valence-corrected chi connectivity index (χ3v) is 3.62. The van der Waals surface area contributed by atoms with Crippen molar-refractivity contribution in [2.45, 2.75) is 6.92 Å². The van der Waals surface area contributed by atoms with Gasteiger partial charge >= 0.3 is 0 Å². The molecule has 2 amide bonds. The fourth-order valence-electron chi connectivity index (χ4n) is 2.16. The molecule has 2 aromatic rings. The lowest BCUT2D eigenvalue weighted by molar-refractivity contribution is -0.130. The van der Waals surface area contributed by atoms with Gasteiger partial charge in [0.1, 0.15) is 11.5 Å². The van der Waals surface area contributed by atoms with Crippen molar-refractivity contribution in [2.24, 2.45) is 0 Å². The SMILES string of the molecule is CCOc1ccccc1/C=C/C(=O)Nc1ccc(OCC(=O)N(C)C)cc1. The highest BCUT2D eigenvalue weighted by molar-refractivity contribution is 6.02. The van der Waals surface area contributed by atoms with Gasteiger partial charge in [0.2, 0.25) is 5.91 Å². The molecule has 0 radical (unpaired) electrons. The molecule has 0 aromatic heterocycles. The first-order chi connectivity index (χ1) is 13.0. The topological polar surface area (TPSA) is 67.9 Å². The quantitative estimate of drug-likeness (QED) is 0.727. The molecule has 142 valence electrons. The van der Waals surface area contributed by atoms with E-state index >= 15 is 0 Å². The Labute approximate surface area is 159 Å². The van der Waals surface area contributed by atoms with Crippen LogP contribution < -0.4 is 14.8 Å². The Kier molecular flexibility index (Phi) is 7.43. The fourth-order valence-corrected chi connectivity index (χ4v) is 2.16. The van der Waals surface area contributed by atoms with Crippen molar-refractivity contribution in [3.8, 4) is 11.5 Å². The summed E-state index contributed by atoms with van der Waals surface area (Å²) in [5.41, 5.74) is 1.47. The predicted octanol–water partition coefficient (Wildman–Crippen LogP) is 3.20. The van der Waals surface area contributed by atoms with E-state index < -0.39 is 0 Å². The second-order valence-electron chi connectivity index (χ2n) is 5.89. The van der Waals surface area contributed by atoms with Crippen LogP contribution in [0.15, 0.2) is 54.6 Å². The summed E-state index contributed by atoms with van der Waals surface area (Å²) in [6.07, 6.45) is 3.17. The van der Waals surface area contributed by atoms with Gasteiger partial charge < -0.3 is 19.7 Å². The highest BCUT2D eigenvalue weighted by Crippen LogP contribution is 2.20. The van der Waals surface area contributed by atoms with Gasteiger partial charge in [0.15, 0.2) is 6.61 Å². The standard InChI is InChI=1S/C21H24N2O4/c1-4-26-19-8-6-5-7-16(19)9-14-20(24)22-17-10-12-18(13-11-17)27-15-21(25)23(2)3/h5-14H,4,15H2,1-3H3,(H,22,24)/b14-9+. The van der Waals surface area contributed by atoms with E-state index in [0.29, 0.717) is 18.0 Å². The van der Waals surface area contributed by atoms with Crippen LogP contribution in [0.25, 0.3) is 6.08 Å². The second-order valence-corrected chi connectivity index (χ2v) is 5.89. The number of likely N-dealkylation sites (N-methyl/N-ethyl adjacent to an activating group) is 1. The summed E-state index contributed by atoms with van der Waals surface area (Å²) in [7, 11) is 3.34. The zero-order chi connectivity index (χ0) is 19.6. The summed E-state index contributed by atoms with van der Waals surface area (Å²) < 4.78 is 10.9. The van der Waals surface area contributed by atoms with Gasteiger partial charge in [-0.1, -0.05) is 18.2 Å². The molecule has 0 heterocycles. The molecule has 0 saturated carbocycles. The number of ether oxygens (including phenoxy) is 2. The molecule has 2 aromatic carbocycles. The van der Waals surface area contributed by atoms with E-state index in [-0.39, 0.29) is 18.4 Å². The van der Waals surface area contributed by atoms with E-state index in [2.05, 4.69) is 5.32 Å². The maximum Gasteiger partial charge on any atom is 0.259 e. The lowest BCUT2D eigenvalue weighted by Gasteiger charge is -2.11. The predicted molar refractivity (Wildman–Crippen MR) is 106 cm³/mol. The molecule has 0 aliphatic rings. The maximum absolute atomic E-state index is 12.1. The number of anilines is 1. The normalized spacial score (nSPS) is 10.5.